The van der Waals surface area contributed by atoms with Crippen LogP contribution in [0.1, 0.15) is 18.2 Å². The highest BCUT2D eigenvalue weighted by Crippen LogP contribution is 2.20. The highest BCUT2D eigenvalue weighted by Gasteiger charge is 2.12. The molecule has 1 aromatic heterocycles. The van der Waals surface area contributed by atoms with E-state index in [1.54, 1.807) is 18.3 Å². The number of hydrogen-bond acceptors (Lipinski definition) is 3. The maximum absolute atomic E-state index is 13.6. The van der Waals surface area contributed by atoms with Crippen molar-refractivity contribution in [2.45, 2.75) is 31.5 Å². The van der Waals surface area contributed by atoms with Crippen LogP contribution in [0.15, 0.2) is 35.6 Å². The van der Waals surface area contributed by atoms with Gasteiger partial charge in [0, 0.05) is 18.4 Å². The third kappa shape index (κ3) is 4.07. The summed E-state index contributed by atoms with van der Waals surface area (Å²) in [5.41, 5.74) is 1.68. The molecular formula is C15H17FN2O2S. The van der Waals surface area contributed by atoms with Crippen LogP contribution in [0.2, 0.25) is 0 Å². The smallest absolute Gasteiger partial charge is 0.313 e. The molecule has 1 N–H and O–H groups in total. The van der Waals surface area contributed by atoms with Gasteiger partial charge in [0.05, 0.1) is 5.75 Å². The van der Waals surface area contributed by atoms with E-state index < -0.39 is 5.97 Å². The molecule has 21 heavy (non-hydrogen) atoms. The number of nitrogens with zero attached hydrogens (tertiary/aromatic N) is 2. The summed E-state index contributed by atoms with van der Waals surface area (Å²) in [6, 6.07) is 6.70. The Balaban J connectivity index is 2.12. The SMILES string of the molecule is CCc1cnc(SCC(=O)O)n1CCc1ccccc1F. The average molecular weight is 308 g/mol. The average Bonchev–Trinajstić information content (AvgIpc) is 2.86. The van der Waals surface area contributed by atoms with Crippen molar-refractivity contribution in [2.24, 2.45) is 0 Å². The van der Waals surface area contributed by atoms with E-state index in [0.717, 1.165) is 12.1 Å². The minimum absolute atomic E-state index is 0.0279. The second-order valence-corrected chi connectivity index (χ2v) is 5.50. The van der Waals surface area contributed by atoms with Gasteiger partial charge in [-0.2, -0.15) is 0 Å². The maximum Gasteiger partial charge on any atom is 0.313 e. The van der Waals surface area contributed by atoms with Gasteiger partial charge in [-0.3, -0.25) is 4.79 Å². The van der Waals surface area contributed by atoms with Crippen LogP contribution >= 0.6 is 11.8 Å². The minimum Gasteiger partial charge on any atom is -0.481 e. The Labute approximate surface area is 127 Å². The summed E-state index contributed by atoms with van der Waals surface area (Å²) in [4.78, 5) is 14.9. The van der Waals surface area contributed by atoms with Gasteiger partial charge in [0.2, 0.25) is 0 Å². The number of benzene rings is 1. The molecular weight excluding hydrogens is 291 g/mol. The Morgan fingerprint density at radius 3 is 2.86 bits per heavy atom. The fraction of sp³-hybridized carbons (Fsp3) is 0.333. The van der Waals surface area contributed by atoms with Gasteiger partial charge < -0.3 is 9.67 Å². The molecule has 1 heterocycles. The van der Waals surface area contributed by atoms with E-state index in [2.05, 4.69) is 4.98 Å². The van der Waals surface area contributed by atoms with Crippen LogP contribution in [0.3, 0.4) is 0 Å². The van der Waals surface area contributed by atoms with Crippen molar-refractivity contribution in [3.8, 4) is 0 Å². The first kappa shape index (κ1) is 15.6. The summed E-state index contributed by atoms with van der Waals surface area (Å²) in [7, 11) is 0. The summed E-state index contributed by atoms with van der Waals surface area (Å²) in [6.07, 6.45) is 3.11. The first-order valence-corrected chi connectivity index (χ1v) is 7.72. The fourth-order valence-corrected chi connectivity index (χ4v) is 2.83. The molecule has 0 spiro atoms. The highest BCUT2D eigenvalue weighted by atomic mass is 32.2. The summed E-state index contributed by atoms with van der Waals surface area (Å²) in [5, 5.41) is 9.44. The molecule has 6 heteroatoms. The molecule has 0 radical (unpaired) electrons. The van der Waals surface area contributed by atoms with Crippen LogP contribution in [0.5, 0.6) is 0 Å². The predicted molar refractivity (Wildman–Crippen MR) is 80.1 cm³/mol. The lowest BCUT2D eigenvalue weighted by Crippen LogP contribution is -2.08. The van der Waals surface area contributed by atoms with Crippen molar-refractivity contribution in [2.75, 3.05) is 5.75 Å². The number of rotatable bonds is 7. The molecule has 0 saturated heterocycles. The normalized spacial score (nSPS) is 10.8. The van der Waals surface area contributed by atoms with Crippen molar-refractivity contribution in [1.82, 2.24) is 9.55 Å². The van der Waals surface area contributed by atoms with Gasteiger partial charge in [-0.1, -0.05) is 36.9 Å². The summed E-state index contributed by atoms with van der Waals surface area (Å²) < 4.78 is 15.6. The van der Waals surface area contributed by atoms with Crippen LogP contribution in [-0.2, 0) is 24.2 Å². The number of aliphatic carboxylic acids is 1. The topological polar surface area (TPSA) is 55.1 Å². The lowest BCUT2D eigenvalue weighted by atomic mass is 10.1. The van der Waals surface area contributed by atoms with Crippen molar-refractivity contribution in [3.63, 3.8) is 0 Å². The number of carboxylic acid groups (broad SMARTS) is 1. The summed E-state index contributed by atoms with van der Waals surface area (Å²) >= 11 is 1.19. The Bertz CT molecular complexity index is 628. The molecule has 0 aliphatic rings. The van der Waals surface area contributed by atoms with E-state index in [-0.39, 0.29) is 11.6 Å². The third-order valence-electron chi connectivity index (χ3n) is 3.15. The molecule has 0 unspecified atom stereocenters. The summed E-state index contributed by atoms with van der Waals surface area (Å²) in [6.45, 7) is 2.61. The molecule has 0 saturated carbocycles. The number of thioether (sulfide) groups is 1. The Morgan fingerprint density at radius 2 is 2.19 bits per heavy atom. The third-order valence-corrected chi connectivity index (χ3v) is 4.13. The minimum atomic E-state index is -0.873. The molecule has 0 bridgehead atoms. The van der Waals surface area contributed by atoms with Gasteiger partial charge in [0.15, 0.2) is 5.16 Å². The molecule has 2 aromatic rings. The maximum atomic E-state index is 13.6. The zero-order chi connectivity index (χ0) is 15.2. The van der Waals surface area contributed by atoms with Gasteiger partial charge in [-0.15, -0.1) is 0 Å². The van der Waals surface area contributed by atoms with E-state index in [1.807, 2.05) is 17.6 Å². The number of carboxylic acids is 1. The Morgan fingerprint density at radius 1 is 1.43 bits per heavy atom. The quantitative estimate of drug-likeness (QED) is 0.799. The van der Waals surface area contributed by atoms with Gasteiger partial charge in [-0.25, -0.2) is 9.37 Å². The monoisotopic (exact) mass is 308 g/mol. The van der Waals surface area contributed by atoms with Gasteiger partial charge in [0.1, 0.15) is 5.82 Å². The molecule has 112 valence electrons. The lowest BCUT2D eigenvalue weighted by molar-refractivity contribution is -0.133. The second kappa shape index (κ2) is 7.26. The van der Waals surface area contributed by atoms with Crippen molar-refractivity contribution in [3.05, 3.63) is 47.5 Å². The standard InChI is InChI=1S/C15H17FN2O2S/c1-2-12-9-17-15(21-10-14(19)20)18(12)8-7-11-5-3-4-6-13(11)16/h3-6,9H,2,7-8,10H2,1H3,(H,19,20). The van der Waals surface area contributed by atoms with Gasteiger partial charge >= 0.3 is 5.97 Å². The van der Waals surface area contributed by atoms with E-state index in [4.69, 9.17) is 5.11 Å². The van der Waals surface area contributed by atoms with E-state index in [0.29, 0.717) is 23.7 Å². The molecule has 2 rings (SSSR count). The number of aromatic nitrogens is 2. The lowest BCUT2D eigenvalue weighted by Gasteiger charge is -2.11. The molecule has 4 nitrogen and oxygen atoms in total. The fourth-order valence-electron chi connectivity index (χ4n) is 2.09. The van der Waals surface area contributed by atoms with E-state index >= 15 is 0 Å². The van der Waals surface area contributed by atoms with Crippen molar-refractivity contribution in [1.29, 1.82) is 0 Å². The van der Waals surface area contributed by atoms with Gasteiger partial charge in [0.25, 0.3) is 0 Å². The van der Waals surface area contributed by atoms with Gasteiger partial charge in [-0.05, 0) is 24.5 Å². The van der Waals surface area contributed by atoms with Crippen molar-refractivity contribution < 1.29 is 14.3 Å². The Hall–Kier alpha value is -1.82. The zero-order valence-electron chi connectivity index (χ0n) is 11.8. The highest BCUT2D eigenvalue weighted by molar-refractivity contribution is 7.99. The number of aryl methyl sites for hydroxylation is 2. The largest absolute Gasteiger partial charge is 0.481 e. The second-order valence-electron chi connectivity index (χ2n) is 4.56. The number of carbonyl (C=O) groups is 1. The first-order chi connectivity index (χ1) is 10.1. The Kier molecular flexibility index (Phi) is 5.38. The van der Waals surface area contributed by atoms with Crippen LogP contribution < -0.4 is 0 Å². The predicted octanol–water partition coefficient (Wildman–Crippen LogP) is 3.00. The van der Waals surface area contributed by atoms with Crippen LogP contribution in [0, 0.1) is 5.82 Å². The van der Waals surface area contributed by atoms with Crippen LogP contribution in [0.25, 0.3) is 0 Å². The van der Waals surface area contributed by atoms with E-state index in [9.17, 15) is 9.18 Å². The summed E-state index contributed by atoms with van der Waals surface area (Å²) in [5.74, 6) is -1.11. The van der Waals surface area contributed by atoms with Crippen molar-refractivity contribution >= 4 is 17.7 Å². The molecule has 0 aliphatic heterocycles. The molecule has 0 amide bonds. The van der Waals surface area contributed by atoms with Crippen LogP contribution in [0.4, 0.5) is 4.39 Å². The van der Waals surface area contributed by atoms with Crippen LogP contribution in [-0.4, -0.2) is 26.4 Å². The first-order valence-electron chi connectivity index (χ1n) is 6.74. The molecule has 1 aromatic carbocycles. The zero-order valence-corrected chi connectivity index (χ0v) is 12.6. The molecule has 0 fully saturated rings. The molecule has 0 atom stereocenters. The number of hydrogen-bond donors (Lipinski definition) is 1. The van der Waals surface area contributed by atoms with E-state index in [1.165, 1.54) is 17.8 Å². The number of halogens is 1. The molecule has 0 aliphatic carbocycles. The number of imidazole rings is 1.